The number of aryl methyl sites for hydroxylation is 1. The van der Waals surface area contributed by atoms with Gasteiger partial charge in [-0.3, -0.25) is 19.0 Å². The summed E-state index contributed by atoms with van der Waals surface area (Å²) in [4.78, 5) is 46.1. The van der Waals surface area contributed by atoms with Crippen molar-refractivity contribution >= 4 is 40.1 Å². The first-order valence-electron chi connectivity index (χ1n) is 10.8. The number of hydrogen-bond acceptors (Lipinski definition) is 7. The van der Waals surface area contributed by atoms with Crippen LogP contribution in [-0.4, -0.2) is 43.1 Å². The first-order chi connectivity index (χ1) is 17.9. The van der Waals surface area contributed by atoms with Gasteiger partial charge in [0.05, 0.1) is 35.2 Å². The summed E-state index contributed by atoms with van der Waals surface area (Å²) in [6.07, 6.45) is 3.60. The van der Waals surface area contributed by atoms with E-state index in [0.29, 0.717) is 5.82 Å². The number of rotatable bonds is 6. The van der Waals surface area contributed by atoms with Crippen LogP contribution in [0.15, 0.2) is 40.4 Å². The van der Waals surface area contributed by atoms with E-state index in [1.807, 2.05) is 0 Å². The molecule has 11 nitrogen and oxygen atoms in total. The Kier molecular flexibility index (Phi) is 6.93. The van der Waals surface area contributed by atoms with Gasteiger partial charge in [-0.1, -0.05) is 17.5 Å². The van der Waals surface area contributed by atoms with Crippen LogP contribution >= 0.6 is 11.6 Å². The highest BCUT2D eigenvalue weighted by molar-refractivity contribution is 6.33. The fourth-order valence-electron chi connectivity index (χ4n) is 3.82. The van der Waals surface area contributed by atoms with Crippen molar-refractivity contribution in [1.29, 1.82) is 0 Å². The molecule has 0 aliphatic heterocycles. The number of nitrogens with zero attached hydrogens (tertiary/aromatic N) is 4. The number of carbonyl (C=O) groups excluding carboxylic acids is 2. The summed E-state index contributed by atoms with van der Waals surface area (Å²) in [5.74, 6) is -1.65. The van der Waals surface area contributed by atoms with Crippen LogP contribution in [0.2, 0.25) is 5.02 Å². The molecular weight excluding hydrogens is 526 g/mol. The second-order valence-corrected chi connectivity index (χ2v) is 8.55. The number of carbonyl (C=O) groups is 2. The van der Waals surface area contributed by atoms with Crippen LogP contribution in [0.5, 0.6) is 5.88 Å². The largest absolute Gasteiger partial charge is 0.504 e. The predicted molar refractivity (Wildman–Crippen MR) is 133 cm³/mol. The van der Waals surface area contributed by atoms with Gasteiger partial charge in [-0.15, -0.1) is 0 Å². The second kappa shape index (κ2) is 9.98. The third-order valence-electron chi connectivity index (χ3n) is 5.80. The van der Waals surface area contributed by atoms with Gasteiger partial charge in [0, 0.05) is 18.8 Å². The average Bonchev–Trinajstić information content (AvgIpc) is 3.13. The number of nitrogens with two attached hydrogens (primary N) is 1. The van der Waals surface area contributed by atoms with E-state index in [1.165, 1.54) is 29.5 Å². The standard InChI is InChI=1S/C24H19ClF2N6O5/c1-10-30-22-17(24(37)32(10)2)13(11-4-5-15(26)20(35)12(6-11)21(28)36)8-33(22)9-16(34)31-19-14(25)7-29-23(38-3)18(19)27/h6-8,11,35H,9H2,1-3H3,(H2,28,36)(H,29,31,34). The second-order valence-electron chi connectivity index (χ2n) is 8.14. The Bertz CT molecular complexity index is 1710. The molecule has 0 fully saturated rings. The quantitative estimate of drug-likeness (QED) is 0.402. The lowest BCUT2D eigenvalue weighted by molar-refractivity contribution is -0.117. The molecule has 3 aromatic rings. The highest BCUT2D eigenvalue weighted by Crippen LogP contribution is 2.31. The van der Waals surface area contributed by atoms with Gasteiger partial charge < -0.3 is 25.5 Å². The molecule has 0 spiro atoms. The van der Waals surface area contributed by atoms with Gasteiger partial charge in [0.2, 0.25) is 17.6 Å². The Labute approximate surface area is 218 Å². The monoisotopic (exact) mass is 544 g/mol. The number of pyridine rings is 1. The van der Waals surface area contributed by atoms with Crippen molar-refractivity contribution < 1.29 is 28.2 Å². The number of methoxy groups -OCH3 is 1. The van der Waals surface area contributed by atoms with E-state index in [1.54, 1.807) is 6.92 Å². The molecule has 4 N–H and O–H groups in total. The van der Waals surface area contributed by atoms with Gasteiger partial charge in [-0.05, 0) is 18.9 Å². The van der Waals surface area contributed by atoms with E-state index < -0.39 is 52.8 Å². The van der Waals surface area contributed by atoms with E-state index in [9.17, 15) is 28.3 Å². The summed E-state index contributed by atoms with van der Waals surface area (Å²) >= 11 is 5.99. The number of halogens is 3. The number of allylic oxidation sites excluding steroid dienone is 2. The van der Waals surface area contributed by atoms with E-state index in [0.717, 1.165) is 12.3 Å². The minimum atomic E-state index is -1.27. The molecule has 0 bridgehead atoms. The van der Waals surface area contributed by atoms with Gasteiger partial charge in [-0.25, -0.2) is 9.97 Å². The number of primary amides is 1. The summed E-state index contributed by atoms with van der Waals surface area (Å²) in [6, 6.07) is 0. The third kappa shape index (κ3) is 4.57. The zero-order chi connectivity index (χ0) is 27.9. The molecule has 0 saturated carbocycles. The molecule has 1 aliphatic rings. The van der Waals surface area contributed by atoms with Gasteiger partial charge in [0.15, 0.2) is 5.76 Å². The fourth-order valence-corrected chi connectivity index (χ4v) is 3.99. The Hall–Kier alpha value is -4.70. The SMILES string of the molecule is COc1ncc(Cl)c(NC(=O)Cn2cc(C3C#CC(F)=C(O)C(C(N)=O)=C3)c3c(=O)n(C)c(C)nc32)c1F. The number of aliphatic hydroxyl groups excluding tert-OH is 1. The smallest absolute Gasteiger partial charge is 0.263 e. The molecule has 2 amide bonds. The number of hydrogen-bond donors (Lipinski definition) is 3. The van der Waals surface area contributed by atoms with Crippen LogP contribution in [0, 0.1) is 24.6 Å². The zero-order valence-corrected chi connectivity index (χ0v) is 20.9. The van der Waals surface area contributed by atoms with Crippen LogP contribution in [0.25, 0.3) is 11.0 Å². The van der Waals surface area contributed by atoms with Gasteiger partial charge in [-0.2, -0.15) is 8.78 Å². The maximum Gasteiger partial charge on any atom is 0.263 e. The van der Waals surface area contributed by atoms with Gasteiger partial charge >= 0.3 is 0 Å². The van der Waals surface area contributed by atoms with Crippen molar-refractivity contribution in [2.24, 2.45) is 12.8 Å². The van der Waals surface area contributed by atoms with E-state index in [-0.39, 0.29) is 33.2 Å². The van der Waals surface area contributed by atoms with E-state index >= 15 is 0 Å². The highest BCUT2D eigenvalue weighted by atomic mass is 35.5. The molecule has 3 aromatic heterocycles. The minimum absolute atomic E-state index is 0.0295. The molecule has 1 aliphatic carbocycles. The zero-order valence-electron chi connectivity index (χ0n) is 20.1. The van der Waals surface area contributed by atoms with Crippen molar-refractivity contribution in [2.75, 3.05) is 12.4 Å². The van der Waals surface area contributed by atoms with E-state index in [2.05, 4.69) is 27.1 Å². The maximum absolute atomic E-state index is 14.6. The molecule has 0 saturated heterocycles. The molecule has 38 heavy (non-hydrogen) atoms. The molecule has 4 rings (SSSR count). The summed E-state index contributed by atoms with van der Waals surface area (Å²) in [5.41, 5.74) is 4.13. The first kappa shape index (κ1) is 26.4. The number of fused-ring (bicyclic) bond motifs is 1. The molecule has 196 valence electrons. The molecular formula is C24H19ClF2N6O5. The number of anilines is 1. The normalized spacial score (nSPS) is 15.0. The highest BCUT2D eigenvalue weighted by Gasteiger charge is 2.26. The maximum atomic E-state index is 14.6. The number of aliphatic hydroxyl groups is 1. The molecule has 1 atom stereocenters. The topological polar surface area (TPSA) is 154 Å². The van der Waals surface area contributed by atoms with Crippen molar-refractivity contribution in [3.05, 3.63) is 68.2 Å². The summed E-state index contributed by atoms with van der Waals surface area (Å²) in [6.45, 7) is 1.12. The van der Waals surface area contributed by atoms with Crippen LogP contribution in [-0.2, 0) is 23.2 Å². The molecule has 0 aromatic carbocycles. The summed E-state index contributed by atoms with van der Waals surface area (Å²) < 4.78 is 36.2. The predicted octanol–water partition coefficient (Wildman–Crippen LogP) is 2.13. The summed E-state index contributed by atoms with van der Waals surface area (Å²) in [5, 5.41) is 12.2. The minimum Gasteiger partial charge on any atom is -0.504 e. The number of aromatic nitrogens is 4. The lowest BCUT2D eigenvalue weighted by atomic mass is 9.97. The van der Waals surface area contributed by atoms with E-state index in [4.69, 9.17) is 22.1 Å². The molecule has 0 radical (unpaired) electrons. The molecule has 1 unspecified atom stereocenters. The lowest BCUT2D eigenvalue weighted by Gasteiger charge is -2.11. The van der Waals surface area contributed by atoms with Gasteiger partial charge in [0.25, 0.3) is 17.3 Å². The third-order valence-corrected chi connectivity index (χ3v) is 6.08. The van der Waals surface area contributed by atoms with Crippen LogP contribution in [0.3, 0.4) is 0 Å². The van der Waals surface area contributed by atoms with Crippen molar-refractivity contribution in [1.82, 2.24) is 19.1 Å². The average molecular weight is 545 g/mol. The number of nitrogens with one attached hydrogen (secondary N) is 1. The Morgan fingerprint density at radius 3 is 2.74 bits per heavy atom. The van der Waals surface area contributed by atoms with Crippen LogP contribution < -0.4 is 21.3 Å². The first-order valence-corrected chi connectivity index (χ1v) is 11.2. The van der Waals surface area contributed by atoms with Crippen LogP contribution in [0.4, 0.5) is 14.5 Å². The van der Waals surface area contributed by atoms with Crippen molar-refractivity contribution in [2.45, 2.75) is 19.4 Å². The van der Waals surface area contributed by atoms with Crippen molar-refractivity contribution in [3.63, 3.8) is 0 Å². The van der Waals surface area contributed by atoms with Gasteiger partial charge in [0.1, 0.15) is 23.7 Å². The molecule has 3 heterocycles. The number of ether oxygens (including phenoxy) is 1. The Morgan fingerprint density at radius 1 is 1.37 bits per heavy atom. The molecule has 14 heteroatoms. The lowest BCUT2D eigenvalue weighted by Crippen LogP contribution is -2.23. The number of amides is 2. The Morgan fingerprint density at radius 2 is 2.08 bits per heavy atom. The Balaban J connectivity index is 1.83. The fraction of sp³-hybridized carbons (Fsp3) is 0.208. The van der Waals surface area contributed by atoms with Crippen molar-refractivity contribution in [3.8, 4) is 17.7 Å². The summed E-state index contributed by atoms with van der Waals surface area (Å²) in [7, 11) is 2.68. The van der Waals surface area contributed by atoms with Crippen LogP contribution in [0.1, 0.15) is 17.3 Å².